The molecule has 0 amide bonds. The number of anilines is 1. The van der Waals surface area contributed by atoms with Crippen LogP contribution in [0.2, 0.25) is 0 Å². The van der Waals surface area contributed by atoms with Crippen LogP contribution in [-0.4, -0.2) is 34.6 Å². The predicted molar refractivity (Wildman–Crippen MR) is 110 cm³/mol. The van der Waals surface area contributed by atoms with Gasteiger partial charge in [-0.3, -0.25) is 14.5 Å². The highest BCUT2D eigenvalue weighted by Gasteiger charge is 2.28. The van der Waals surface area contributed by atoms with Gasteiger partial charge in [-0.1, -0.05) is 0 Å². The molecular formula is C20H14F5N5O2S. The number of nitrogens with one attached hydrogen (secondary N) is 2. The summed E-state index contributed by atoms with van der Waals surface area (Å²) < 4.78 is 92.2. The molecule has 4 rings (SSSR count). The van der Waals surface area contributed by atoms with Crippen molar-refractivity contribution >= 4 is 38.8 Å². The number of aromatic amines is 1. The van der Waals surface area contributed by atoms with Gasteiger partial charge in [0.15, 0.2) is 0 Å². The Morgan fingerprint density at radius 1 is 1.06 bits per heavy atom. The fourth-order valence-electron chi connectivity index (χ4n) is 3.03. The van der Waals surface area contributed by atoms with Gasteiger partial charge in [0, 0.05) is 28.9 Å². The highest BCUT2D eigenvalue weighted by molar-refractivity contribution is 7.92. The number of sulfonamides is 1. The van der Waals surface area contributed by atoms with E-state index in [1.807, 2.05) is 0 Å². The largest absolute Gasteiger partial charge is 0.408 e. The smallest absolute Gasteiger partial charge is 0.280 e. The van der Waals surface area contributed by atoms with Crippen molar-refractivity contribution in [3.8, 4) is 0 Å². The van der Waals surface area contributed by atoms with Crippen LogP contribution in [-0.2, 0) is 16.6 Å². The minimum absolute atomic E-state index is 0.112. The molecule has 2 heterocycles. The van der Waals surface area contributed by atoms with E-state index in [0.29, 0.717) is 40.4 Å². The van der Waals surface area contributed by atoms with E-state index in [0.717, 1.165) is 4.68 Å². The van der Waals surface area contributed by atoms with Crippen molar-refractivity contribution in [1.82, 2.24) is 20.0 Å². The van der Waals surface area contributed by atoms with E-state index in [1.165, 1.54) is 36.7 Å². The molecule has 7 nitrogen and oxygen atoms in total. The number of hydrogen-bond acceptors (Lipinski definition) is 4. The van der Waals surface area contributed by atoms with Gasteiger partial charge < -0.3 is 0 Å². The second-order valence-electron chi connectivity index (χ2n) is 7.00. The topological polar surface area (TPSA) is 92.7 Å². The summed E-state index contributed by atoms with van der Waals surface area (Å²) >= 11 is 0. The maximum Gasteiger partial charge on any atom is 0.408 e. The molecule has 2 aromatic carbocycles. The van der Waals surface area contributed by atoms with Crippen LogP contribution in [0.4, 0.5) is 27.6 Å². The van der Waals surface area contributed by atoms with Crippen LogP contribution < -0.4 is 4.72 Å². The zero-order valence-electron chi connectivity index (χ0n) is 16.4. The zero-order valence-corrected chi connectivity index (χ0v) is 17.3. The summed E-state index contributed by atoms with van der Waals surface area (Å²) in [6.07, 6.45) is 1.10. The first-order valence-electron chi connectivity index (χ1n) is 9.23. The Morgan fingerprint density at radius 3 is 2.48 bits per heavy atom. The summed E-state index contributed by atoms with van der Waals surface area (Å²) in [5.41, 5.74) is 1.45. The lowest BCUT2D eigenvalue weighted by Crippen LogP contribution is -2.17. The van der Waals surface area contributed by atoms with Crippen LogP contribution in [0, 0.1) is 11.6 Å². The van der Waals surface area contributed by atoms with Crippen LogP contribution in [0.25, 0.3) is 23.1 Å². The number of H-pyrrole nitrogens is 1. The Kier molecular flexibility index (Phi) is 5.66. The van der Waals surface area contributed by atoms with Crippen molar-refractivity contribution in [3.63, 3.8) is 0 Å². The summed E-state index contributed by atoms with van der Waals surface area (Å²) in [6, 6.07) is 6.37. The van der Waals surface area contributed by atoms with Gasteiger partial charge in [-0.25, -0.2) is 17.2 Å². The van der Waals surface area contributed by atoms with Crippen LogP contribution in [0.3, 0.4) is 0 Å². The highest BCUT2D eigenvalue weighted by Crippen LogP contribution is 2.25. The van der Waals surface area contributed by atoms with E-state index in [2.05, 4.69) is 20.0 Å². The van der Waals surface area contributed by atoms with Gasteiger partial charge in [0.05, 0.1) is 22.3 Å². The van der Waals surface area contributed by atoms with Gasteiger partial charge in [-0.15, -0.1) is 0 Å². The summed E-state index contributed by atoms with van der Waals surface area (Å²) in [5.74, 6) is -2.07. The third kappa shape index (κ3) is 5.37. The molecule has 0 unspecified atom stereocenters. The fraction of sp³-hybridized carbons (Fsp3) is 0.100. The lowest BCUT2D eigenvalue weighted by Gasteiger charge is -2.08. The lowest BCUT2D eigenvalue weighted by molar-refractivity contribution is -0.142. The van der Waals surface area contributed by atoms with E-state index in [4.69, 9.17) is 0 Å². The minimum Gasteiger partial charge on any atom is -0.280 e. The van der Waals surface area contributed by atoms with Crippen LogP contribution >= 0.6 is 0 Å². The molecule has 0 fully saturated rings. The van der Waals surface area contributed by atoms with Crippen molar-refractivity contribution < 1.29 is 30.4 Å². The molecule has 13 heteroatoms. The van der Waals surface area contributed by atoms with Gasteiger partial charge in [0.25, 0.3) is 10.0 Å². The standard InChI is InChI=1S/C20H14F5N5O2S/c21-13-5-14(22)7-16(6-13)33(31,32)29-15-2-4-19-17(8-15)18(27-28-19)3-1-12-9-26-30(10-12)11-20(23,24)25/h1-10,29H,11H2,(H,27,28). The van der Waals surface area contributed by atoms with E-state index >= 15 is 0 Å². The molecule has 0 aliphatic carbocycles. The molecule has 0 atom stereocenters. The monoisotopic (exact) mass is 483 g/mol. The fourth-order valence-corrected chi connectivity index (χ4v) is 4.12. The highest BCUT2D eigenvalue weighted by atomic mass is 32.2. The number of alkyl halides is 3. The number of benzene rings is 2. The Balaban J connectivity index is 1.58. The second-order valence-corrected chi connectivity index (χ2v) is 8.68. The molecule has 0 saturated heterocycles. The van der Waals surface area contributed by atoms with Gasteiger partial charge >= 0.3 is 6.18 Å². The molecular weight excluding hydrogens is 469 g/mol. The van der Waals surface area contributed by atoms with Gasteiger partial charge in [0.2, 0.25) is 0 Å². The van der Waals surface area contributed by atoms with Crippen molar-refractivity contribution in [3.05, 3.63) is 71.7 Å². The number of hydrogen-bond donors (Lipinski definition) is 2. The summed E-state index contributed by atoms with van der Waals surface area (Å²) in [6.45, 7) is -1.22. The first-order valence-corrected chi connectivity index (χ1v) is 10.7. The first kappa shape index (κ1) is 22.5. The van der Waals surface area contributed by atoms with E-state index in [-0.39, 0.29) is 5.69 Å². The predicted octanol–water partition coefficient (Wildman–Crippen LogP) is 4.57. The average molecular weight is 483 g/mol. The third-order valence-electron chi connectivity index (χ3n) is 4.42. The minimum atomic E-state index is -4.40. The third-order valence-corrected chi connectivity index (χ3v) is 5.78. The maximum absolute atomic E-state index is 13.4. The number of nitrogens with zero attached hydrogens (tertiary/aromatic N) is 3. The van der Waals surface area contributed by atoms with Crippen molar-refractivity contribution in [2.24, 2.45) is 0 Å². The Hall–Kier alpha value is -3.74. The molecule has 0 radical (unpaired) electrons. The normalized spacial score (nSPS) is 12.6. The Labute approximate surface area is 183 Å². The number of rotatable bonds is 6. The molecule has 4 aromatic rings. The molecule has 2 N–H and O–H groups in total. The van der Waals surface area contributed by atoms with E-state index in [9.17, 15) is 30.4 Å². The van der Waals surface area contributed by atoms with Crippen LogP contribution in [0.1, 0.15) is 11.3 Å². The van der Waals surface area contributed by atoms with Crippen LogP contribution in [0.5, 0.6) is 0 Å². The molecule has 0 saturated carbocycles. The van der Waals surface area contributed by atoms with Gasteiger partial charge in [-0.05, 0) is 42.5 Å². The Bertz CT molecular complexity index is 1440. The maximum atomic E-state index is 13.4. The molecule has 0 aliphatic rings. The van der Waals surface area contributed by atoms with Gasteiger partial charge in [-0.2, -0.15) is 23.4 Å². The molecule has 2 aromatic heterocycles. The molecule has 0 aliphatic heterocycles. The van der Waals surface area contributed by atoms with Gasteiger partial charge in [0.1, 0.15) is 18.2 Å². The summed E-state index contributed by atoms with van der Waals surface area (Å²) in [4.78, 5) is -0.580. The average Bonchev–Trinajstić information content (AvgIpc) is 3.30. The number of halogens is 5. The molecule has 172 valence electrons. The second kappa shape index (κ2) is 8.31. The van der Waals surface area contributed by atoms with Crippen LogP contribution in [0.15, 0.2) is 53.7 Å². The van der Waals surface area contributed by atoms with Crippen molar-refractivity contribution in [1.29, 1.82) is 0 Å². The molecule has 33 heavy (non-hydrogen) atoms. The SMILES string of the molecule is O=S(=O)(Nc1ccc2[nH]nc(C=Cc3cnn(CC(F)(F)F)c3)c2c1)c1cc(F)cc(F)c1. The summed E-state index contributed by atoms with van der Waals surface area (Å²) in [5, 5.41) is 11.0. The molecule has 0 spiro atoms. The number of aromatic nitrogens is 4. The first-order chi connectivity index (χ1) is 15.5. The number of fused-ring (bicyclic) bond motifs is 1. The van der Waals surface area contributed by atoms with E-state index in [1.54, 1.807) is 6.07 Å². The zero-order chi connectivity index (χ0) is 23.8. The Morgan fingerprint density at radius 2 is 1.79 bits per heavy atom. The van der Waals surface area contributed by atoms with Crippen molar-refractivity contribution in [2.75, 3.05) is 4.72 Å². The summed E-state index contributed by atoms with van der Waals surface area (Å²) in [7, 11) is -4.27. The molecule has 0 bridgehead atoms. The lowest BCUT2D eigenvalue weighted by atomic mass is 10.1. The quantitative estimate of drug-likeness (QED) is 0.393. The van der Waals surface area contributed by atoms with E-state index < -0.39 is 39.3 Å². The van der Waals surface area contributed by atoms with Crippen molar-refractivity contribution in [2.45, 2.75) is 17.6 Å².